The van der Waals surface area contributed by atoms with Gasteiger partial charge in [-0.2, -0.15) is 0 Å². The van der Waals surface area contributed by atoms with Crippen LogP contribution in [-0.2, 0) is 21.4 Å². The van der Waals surface area contributed by atoms with E-state index in [0.717, 1.165) is 59.9 Å². The van der Waals surface area contributed by atoms with E-state index in [2.05, 4.69) is 53.0 Å². The van der Waals surface area contributed by atoms with Gasteiger partial charge in [-0.3, -0.25) is 24.5 Å². The summed E-state index contributed by atoms with van der Waals surface area (Å²) >= 11 is 9.28. The van der Waals surface area contributed by atoms with Gasteiger partial charge in [0.2, 0.25) is 5.91 Å². The van der Waals surface area contributed by atoms with Gasteiger partial charge in [0.15, 0.2) is 5.82 Å². The number of sulfonamides is 1. The van der Waals surface area contributed by atoms with Gasteiger partial charge in [-0.05, 0) is 59.2 Å². The van der Waals surface area contributed by atoms with Crippen molar-refractivity contribution in [1.29, 1.82) is 0 Å². The van der Waals surface area contributed by atoms with Gasteiger partial charge in [0.05, 0.1) is 15.3 Å². The second-order valence-electron chi connectivity index (χ2n) is 13.8. The Hall–Kier alpha value is -5.33. The summed E-state index contributed by atoms with van der Waals surface area (Å²) in [5, 5.41) is 18.4. The number of nitro groups is 1. The number of anilines is 3. The van der Waals surface area contributed by atoms with Crippen LogP contribution in [0.5, 0.6) is 0 Å². The summed E-state index contributed by atoms with van der Waals surface area (Å²) < 4.78 is 30.7. The first-order valence-electron chi connectivity index (χ1n) is 18.3. The van der Waals surface area contributed by atoms with Crippen molar-refractivity contribution in [2.45, 2.75) is 28.2 Å². The van der Waals surface area contributed by atoms with Gasteiger partial charge in [-0.25, -0.2) is 23.4 Å². The Labute approximate surface area is 349 Å². The van der Waals surface area contributed by atoms with E-state index in [1.807, 2.05) is 47.8 Å². The first kappa shape index (κ1) is 40.9. The molecule has 4 aromatic carbocycles. The molecule has 6 aromatic rings. The van der Waals surface area contributed by atoms with E-state index in [0.29, 0.717) is 21.7 Å². The molecule has 0 saturated carbocycles. The molecule has 1 aliphatic heterocycles. The van der Waals surface area contributed by atoms with Gasteiger partial charge in [-0.1, -0.05) is 59.8 Å². The van der Waals surface area contributed by atoms with Crippen molar-refractivity contribution in [3.05, 3.63) is 124 Å². The van der Waals surface area contributed by atoms with E-state index in [-0.39, 0.29) is 28.7 Å². The number of halogens is 1. The number of carbonyl (C=O) groups is 1. The third kappa shape index (κ3) is 9.85. The number of piperazine rings is 1. The van der Waals surface area contributed by atoms with Gasteiger partial charge in [0.25, 0.3) is 15.7 Å². The number of aromatic nitrogens is 3. The lowest BCUT2D eigenvalue weighted by atomic mass is 9.99. The molecule has 2 aromatic heterocycles. The number of fused-ring (bicyclic) bond motifs is 1. The molecule has 0 aliphatic carbocycles. The van der Waals surface area contributed by atoms with Crippen LogP contribution in [0.3, 0.4) is 0 Å². The van der Waals surface area contributed by atoms with Crippen LogP contribution in [0.15, 0.2) is 112 Å². The number of nitrogens with zero attached hydrogens (tertiary/aromatic N) is 7. The molecule has 1 unspecified atom stereocenters. The third-order valence-corrected chi connectivity index (χ3v) is 13.4. The van der Waals surface area contributed by atoms with E-state index in [1.54, 1.807) is 26.4 Å². The Morgan fingerprint density at radius 1 is 1.00 bits per heavy atom. The van der Waals surface area contributed by atoms with Crippen LogP contribution in [-0.4, -0.2) is 96.1 Å². The number of nitrogens with one attached hydrogen (secondary N) is 2. The van der Waals surface area contributed by atoms with Crippen LogP contribution in [0.2, 0.25) is 5.02 Å². The Kier molecular flexibility index (Phi) is 12.7. The van der Waals surface area contributed by atoms with Gasteiger partial charge in [0, 0.05) is 98.8 Å². The van der Waals surface area contributed by atoms with Crippen molar-refractivity contribution in [3.63, 3.8) is 0 Å². The molecular weight excluding hydrogens is 818 g/mol. The molecule has 0 radical (unpaired) electrons. The smallest absolute Gasteiger partial charge is 0.293 e. The number of amides is 1. The number of thiazole rings is 1. The molecule has 1 amide bonds. The van der Waals surface area contributed by atoms with Gasteiger partial charge < -0.3 is 15.1 Å². The number of hydrogen-bond acceptors (Lipinski definition) is 13. The normalized spacial score (nSPS) is 13.9. The summed E-state index contributed by atoms with van der Waals surface area (Å²) in [6.07, 6.45) is 3.02. The van der Waals surface area contributed by atoms with Gasteiger partial charge in [-0.15, -0.1) is 11.3 Å². The van der Waals surface area contributed by atoms with Crippen LogP contribution in [0.4, 0.5) is 22.9 Å². The van der Waals surface area contributed by atoms with Crippen LogP contribution >= 0.6 is 34.7 Å². The molecule has 300 valence electrons. The second kappa shape index (κ2) is 18.1. The fourth-order valence-corrected chi connectivity index (χ4v) is 9.60. The Balaban J connectivity index is 1.04. The first-order chi connectivity index (χ1) is 27.9. The average molecular weight is 858 g/mol. The lowest BCUT2D eigenvalue weighted by molar-refractivity contribution is -0.384. The topological polar surface area (TPSA) is 167 Å². The number of nitro benzene ring substituents is 1. The number of rotatable bonds is 15. The Morgan fingerprint density at radius 3 is 2.52 bits per heavy atom. The van der Waals surface area contributed by atoms with Crippen molar-refractivity contribution in [2.75, 3.05) is 61.0 Å². The number of thioether (sulfide) groups is 1. The van der Waals surface area contributed by atoms with E-state index in [1.165, 1.54) is 52.0 Å². The standard InChI is InChI=1S/C40H40ClN9O5S3/c1-47(2)38(51)21-30(25-57-40-42-14-19-56-40)45-35-13-10-32(23-37(35)50(52)53)58(54,55)46-39-34-12-9-31(22-36(34)43-26-44-39)49-17-15-48(16-18-49)24-28-20-29(41)8-11-33(28)27-6-4-3-5-7-27/h3-14,19-20,22-23,26,30,45H,15-18,21,24-25H2,1-2H3,(H,43,44,46). The van der Waals surface area contributed by atoms with E-state index in [4.69, 9.17) is 11.6 Å². The third-order valence-electron chi connectivity index (χ3n) is 9.71. The molecular formula is C40H40ClN9O5S3. The molecule has 1 aliphatic rings. The quantitative estimate of drug-likeness (QED) is 0.0595. The minimum atomic E-state index is -4.33. The highest BCUT2D eigenvalue weighted by Crippen LogP contribution is 2.33. The number of benzene rings is 4. The second-order valence-corrected chi connectivity index (χ2v) is 18.1. The molecule has 0 bridgehead atoms. The highest BCUT2D eigenvalue weighted by atomic mass is 35.5. The molecule has 2 N–H and O–H groups in total. The van der Waals surface area contributed by atoms with E-state index < -0.39 is 26.7 Å². The fourth-order valence-electron chi connectivity index (χ4n) is 6.68. The molecule has 18 heteroatoms. The molecule has 1 atom stereocenters. The average Bonchev–Trinajstić information content (AvgIpc) is 3.74. The maximum Gasteiger partial charge on any atom is 0.293 e. The molecule has 14 nitrogen and oxygen atoms in total. The first-order valence-corrected chi connectivity index (χ1v) is 22.0. The van der Waals surface area contributed by atoms with E-state index >= 15 is 0 Å². The molecule has 0 spiro atoms. The highest BCUT2D eigenvalue weighted by molar-refractivity contribution is 8.01. The summed E-state index contributed by atoms with van der Waals surface area (Å²) in [6.45, 7) is 3.97. The maximum absolute atomic E-state index is 13.7. The predicted molar refractivity (Wildman–Crippen MR) is 231 cm³/mol. The van der Waals surface area contributed by atoms with Crippen LogP contribution in [0.1, 0.15) is 12.0 Å². The number of hydrogen-bond donors (Lipinski definition) is 2. The molecule has 1 saturated heterocycles. The number of carbonyl (C=O) groups excluding carboxylic acids is 1. The fraction of sp³-hybridized carbons (Fsp3) is 0.250. The Bertz CT molecular complexity index is 2520. The molecule has 3 heterocycles. The minimum absolute atomic E-state index is 0.0449. The predicted octanol–water partition coefficient (Wildman–Crippen LogP) is 7.49. The lowest BCUT2D eigenvalue weighted by Gasteiger charge is -2.36. The highest BCUT2D eigenvalue weighted by Gasteiger charge is 2.26. The van der Waals surface area contributed by atoms with Crippen molar-refractivity contribution < 1.29 is 18.1 Å². The van der Waals surface area contributed by atoms with Crippen molar-refractivity contribution in [3.8, 4) is 11.1 Å². The van der Waals surface area contributed by atoms with Crippen molar-refractivity contribution >= 4 is 84.4 Å². The summed E-state index contributed by atoms with van der Waals surface area (Å²) in [4.78, 5) is 43.0. The summed E-state index contributed by atoms with van der Waals surface area (Å²) in [5.74, 6) is 0.269. The maximum atomic E-state index is 13.7. The van der Waals surface area contributed by atoms with Crippen molar-refractivity contribution in [1.82, 2.24) is 24.8 Å². The summed E-state index contributed by atoms with van der Waals surface area (Å²) in [5.41, 5.74) is 4.61. The van der Waals surface area contributed by atoms with Crippen LogP contribution in [0.25, 0.3) is 22.0 Å². The monoisotopic (exact) mass is 857 g/mol. The van der Waals surface area contributed by atoms with Gasteiger partial charge >= 0.3 is 0 Å². The summed E-state index contributed by atoms with van der Waals surface area (Å²) in [7, 11) is -1.06. The zero-order chi connectivity index (χ0) is 40.8. The zero-order valence-corrected chi connectivity index (χ0v) is 34.8. The molecule has 58 heavy (non-hydrogen) atoms. The van der Waals surface area contributed by atoms with Crippen LogP contribution < -0.4 is 14.9 Å². The Morgan fingerprint density at radius 2 is 1.79 bits per heavy atom. The largest absolute Gasteiger partial charge is 0.375 e. The molecule has 7 rings (SSSR count). The summed E-state index contributed by atoms with van der Waals surface area (Å²) in [6, 6.07) is 25.0. The SMILES string of the molecule is CN(C)C(=O)CC(CSc1nccs1)Nc1ccc(S(=O)(=O)Nc2ncnc3cc(N4CCN(Cc5cc(Cl)ccc5-c5ccccc5)CC4)ccc23)cc1[N+](=O)[O-]. The van der Waals surface area contributed by atoms with E-state index in [9.17, 15) is 23.3 Å². The molecule has 1 fully saturated rings. The lowest BCUT2D eigenvalue weighted by Crippen LogP contribution is -2.46. The zero-order valence-electron chi connectivity index (χ0n) is 31.6. The van der Waals surface area contributed by atoms with Crippen LogP contribution in [0, 0.1) is 10.1 Å². The van der Waals surface area contributed by atoms with Crippen molar-refractivity contribution in [2.24, 2.45) is 0 Å². The van der Waals surface area contributed by atoms with Gasteiger partial charge in [0.1, 0.15) is 16.4 Å². The minimum Gasteiger partial charge on any atom is -0.375 e.